The number of anilines is 2. The zero-order chi connectivity index (χ0) is 17.0. The quantitative estimate of drug-likeness (QED) is 0.621. The third kappa shape index (κ3) is 4.58. The van der Waals surface area contributed by atoms with Gasteiger partial charge in [-0.2, -0.15) is 0 Å². The number of nitro groups is 1. The summed E-state index contributed by atoms with van der Waals surface area (Å²) >= 11 is 11.7. The minimum atomic E-state index is -0.489. The number of halogens is 2. The van der Waals surface area contributed by atoms with Crippen LogP contribution in [0, 0.1) is 17.0 Å². The Labute approximate surface area is 142 Å². The number of carbonyl (C=O) groups excluding carboxylic acids is 1. The predicted molar refractivity (Wildman–Crippen MR) is 91.4 cm³/mol. The molecule has 0 aliphatic rings. The molecule has 120 valence electrons. The second kappa shape index (κ2) is 7.30. The number of hydrogen-bond donors (Lipinski definition) is 2. The molecule has 2 N–H and O–H groups in total. The zero-order valence-corrected chi connectivity index (χ0v) is 13.6. The highest BCUT2D eigenvalue weighted by Gasteiger charge is 2.14. The van der Waals surface area contributed by atoms with Crippen LogP contribution < -0.4 is 10.6 Å². The average molecular weight is 354 g/mol. The zero-order valence-electron chi connectivity index (χ0n) is 12.1. The molecule has 0 atom stereocenters. The fraction of sp³-hybridized carbons (Fsp3) is 0.133. The molecule has 0 radical (unpaired) electrons. The highest BCUT2D eigenvalue weighted by Crippen LogP contribution is 2.25. The van der Waals surface area contributed by atoms with Crippen LogP contribution in [0.2, 0.25) is 10.0 Å². The van der Waals surface area contributed by atoms with E-state index in [4.69, 9.17) is 23.2 Å². The fourth-order valence-corrected chi connectivity index (χ4v) is 2.52. The highest BCUT2D eigenvalue weighted by atomic mass is 35.5. The van der Waals surface area contributed by atoms with Gasteiger partial charge in [0.05, 0.1) is 22.7 Å². The fourth-order valence-electron chi connectivity index (χ4n) is 1.99. The van der Waals surface area contributed by atoms with Crippen LogP contribution in [-0.4, -0.2) is 17.4 Å². The van der Waals surface area contributed by atoms with E-state index in [1.807, 2.05) is 0 Å². The largest absolute Gasteiger partial charge is 0.376 e. The van der Waals surface area contributed by atoms with E-state index in [-0.39, 0.29) is 18.1 Å². The number of amides is 1. The first kappa shape index (κ1) is 17.1. The van der Waals surface area contributed by atoms with Crippen LogP contribution in [0.15, 0.2) is 36.4 Å². The molecule has 0 saturated heterocycles. The Balaban J connectivity index is 2.03. The maximum absolute atomic E-state index is 12.0. The van der Waals surface area contributed by atoms with E-state index in [2.05, 4.69) is 10.6 Å². The van der Waals surface area contributed by atoms with Crippen LogP contribution in [0.4, 0.5) is 17.1 Å². The summed E-state index contributed by atoms with van der Waals surface area (Å²) in [7, 11) is 0. The normalized spacial score (nSPS) is 10.2. The summed E-state index contributed by atoms with van der Waals surface area (Å²) in [4.78, 5) is 22.4. The minimum absolute atomic E-state index is 0.0290. The monoisotopic (exact) mass is 353 g/mol. The number of carbonyl (C=O) groups is 1. The molecule has 0 fully saturated rings. The van der Waals surface area contributed by atoms with Crippen LogP contribution in [0.5, 0.6) is 0 Å². The van der Waals surface area contributed by atoms with Gasteiger partial charge in [-0.1, -0.05) is 29.3 Å². The smallest absolute Gasteiger partial charge is 0.274 e. The first-order valence-electron chi connectivity index (χ1n) is 6.60. The van der Waals surface area contributed by atoms with E-state index < -0.39 is 4.92 Å². The van der Waals surface area contributed by atoms with Crippen molar-refractivity contribution >= 4 is 46.2 Å². The Hall–Kier alpha value is -2.31. The Bertz CT molecular complexity index is 745. The first-order chi connectivity index (χ1) is 10.9. The molecule has 0 heterocycles. The number of benzene rings is 2. The summed E-state index contributed by atoms with van der Waals surface area (Å²) < 4.78 is 0. The number of hydrogen-bond acceptors (Lipinski definition) is 4. The van der Waals surface area contributed by atoms with E-state index in [0.29, 0.717) is 27.0 Å². The van der Waals surface area contributed by atoms with E-state index in [9.17, 15) is 14.9 Å². The van der Waals surface area contributed by atoms with Gasteiger partial charge in [-0.05, 0) is 31.2 Å². The predicted octanol–water partition coefficient (Wildman–Crippen LogP) is 4.26. The lowest BCUT2D eigenvalue weighted by Gasteiger charge is -2.10. The SMILES string of the molecule is Cc1c(NC(=O)CNc2cc(Cl)cc(Cl)c2)cccc1[N+](=O)[O-]. The maximum atomic E-state index is 12.0. The van der Waals surface area contributed by atoms with Crippen molar-refractivity contribution in [3.05, 3.63) is 62.1 Å². The molecule has 2 aromatic carbocycles. The summed E-state index contributed by atoms with van der Waals surface area (Å²) in [5.41, 5.74) is 1.36. The molecule has 2 rings (SSSR count). The summed E-state index contributed by atoms with van der Waals surface area (Å²) in [5, 5.41) is 17.3. The van der Waals surface area contributed by atoms with Crippen molar-refractivity contribution in [1.82, 2.24) is 0 Å². The molecule has 2 aromatic rings. The molecule has 0 spiro atoms. The Morgan fingerprint density at radius 3 is 2.48 bits per heavy atom. The number of nitro benzene ring substituents is 1. The van der Waals surface area contributed by atoms with Crippen LogP contribution in [0.3, 0.4) is 0 Å². The van der Waals surface area contributed by atoms with Crippen molar-refractivity contribution in [2.24, 2.45) is 0 Å². The van der Waals surface area contributed by atoms with Gasteiger partial charge in [0, 0.05) is 21.8 Å². The lowest BCUT2D eigenvalue weighted by atomic mass is 10.1. The molecule has 0 aliphatic heterocycles. The third-order valence-corrected chi connectivity index (χ3v) is 3.53. The van der Waals surface area contributed by atoms with Crippen LogP contribution >= 0.6 is 23.2 Å². The molecule has 6 nitrogen and oxygen atoms in total. The van der Waals surface area contributed by atoms with E-state index >= 15 is 0 Å². The van der Waals surface area contributed by atoms with Crippen molar-refractivity contribution in [2.45, 2.75) is 6.92 Å². The van der Waals surface area contributed by atoms with Crippen molar-refractivity contribution in [1.29, 1.82) is 0 Å². The lowest BCUT2D eigenvalue weighted by molar-refractivity contribution is -0.385. The van der Waals surface area contributed by atoms with Gasteiger partial charge in [0.2, 0.25) is 5.91 Å². The topological polar surface area (TPSA) is 84.3 Å². The van der Waals surface area contributed by atoms with Gasteiger partial charge >= 0.3 is 0 Å². The number of nitrogens with zero attached hydrogens (tertiary/aromatic N) is 1. The molecule has 8 heteroatoms. The second-order valence-electron chi connectivity index (χ2n) is 4.77. The van der Waals surface area contributed by atoms with Gasteiger partial charge in [-0.25, -0.2) is 0 Å². The standard InChI is InChI=1S/C15H13Cl2N3O3/c1-9-13(3-2-4-14(9)20(22)23)19-15(21)8-18-12-6-10(16)5-11(17)7-12/h2-7,18H,8H2,1H3,(H,19,21). The van der Waals surface area contributed by atoms with Gasteiger partial charge in [0.15, 0.2) is 0 Å². The molecule has 0 saturated carbocycles. The molecule has 1 amide bonds. The lowest BCUT2D eigenvalue weighted by Crippen LogP contribution is -2.22. The molecular formula is C15H13Cl2N3O3. The summed E-state index contributed by atoms with van der Waals surface area (Å²) in [6, 6.07) is 9.37. The van der Waals surface area contributed by atoms with Gasteiger partial charge in [-0.15, -0.1) is 0 Å². The summed E-state index contributed by atoms with van der Waals surface area (Å²) in [5.74, 6) is -0.343. The van der Waals surface area contributed by atoms with Gasteiger partial charge in [0.1, 0.15) is 0 Å². The van der Waals surface area contributed by atoms with Gasteiger partial charge in [-0.3, -0.25) is 14.9 Å². The van der Waals surface area contributed by atoms with E-state index in [1.165, 1.54) is 12.1 Å². The Kier molecular flexibility index (Phi) is 5.41. The van der Waals surface area contributed by atoms with Gasteiger partial charge < -0.3 is 10.6 Å². The molecule has 0 aliphatic carbocycles. The highest BCUT2D eigenvalue weighted by molar-refractivity contribution is 6.35. The minimum Gasteiger partial charge on any atom is -0.376 e. The second-order valence-corrected chi connectivity index (χ2v) is 5.64. The van der Waals surface area contributed by atoms with Crippen molar-refractivity contribution in [2.75, 3.05) is 17.2 Å². The van der Waals surface area contributed by atoms with E-state index in [0.717, 1.165) is 0 Å². The Morgan fingerprint density at radius 2 is 1.87 bits per heavy atom. The van der Waals surface area contributed by atoms with Crippen molar-refractivity contribution in [3.8, 4) is 0 Å². The first-order valence-corrected chi connectivity index (χ1v) is 7.36. The van der Waals surface area contributed by atoms with Crippen LogP contribution in [-0.2, 0) is 4.79 Å². The summed E-state index contributed by atoms with van der Waals surface area (Å²) in [6.07, 6.45) is 0. The molecular weight excluding hydrogens is 341 g/mol. The molecule has 0 bridgehead atoms. The van der Waals surface area contributed by atoms with E-state index in [1.54, 1.807) is 31.2 Å². The van der Waals surface area contributed by atoms with Crippen molar-refractivity contribution in [3.63, 3.8) is 0 Å². The number of nitrogens with one attached hydrogen (secondary N) is 2. The van der Waals surface area contributed by atoms with Gasteiger partial charge in [0.25, 0.3) is 5.69 Å². The Morgan fingerprint density at radius 1 is 1.22 bits per heavy atom. The average Bonchev–Trinajstić information content (AvgIpc) is 2.46. The third-order valence-electron chi connectivity index (χ3n) is 3.09. The molecule has 0 aromatic heterocycles. The molecule has 23 heavy (non-hydrogen) atoms. The number of rotatable bonds is 5. The van der Waals surface area contributed by atoms with Crippen molar-refractivity contribution < 1.29 is 9.72 Å². The van der Waals surface area contributed by atoms with Crippen LogP contribution in [0.25, 0.3) is 0 Å². The molecule has 0 unspecified atom stereocenters. The summed E-state index contributed by atoms with van der Waals surface area (Å²) in [6.45, 7) is 1.55. The van der Waals surface area contributed by atoms with Crippen LogP contribution in [0.1, 0.15) is 5.56 Å². The maximum Gasteiger partial charge on any atom is 0.274 e.